The van der Waals surface area contributed by atoms with Crippen LogP contribution in [0.1, 0.15) is 22.3 Å². The fourth-order valence-electron chi connectivity index (χ4n) is 1.16. The average Bonchev–Trinajstić information content (AvgIpc) is 2.04. The van der Waals surface area contributed by atoms with Crippen molar-refractivity contribution in [2.45, 2.75) is 13.3 Å². The normalized spacial score (nSPS) is 10.1. The summed E-state index contributed by atoms with van der Waals surface area (Å²) < 4.78 is 12.7. The van der Waals surface area contributed by atoms with Crippen LogP contribution in [0.25, 0.3) is 0 Å². The van der Waals surface area contributed by atoms with E-state index < -0.39 is 0 Å². The molecule has 0 aliphatic carbocycles. The molecule has 0 aromatic heterocycles. The molecule has 0 fully saturated rings. The summed E-state index contributed by atoms with van der Waals surface area (Å²) in [7, 11) is 0. The SMILES string of the molecule is Cc1cc(F)ccc1C(=O)CCCl. The van der Waals surface area contributed by atoms with Gasteiger partial charge >= 0.3 is 0 Å². The quantitative estimate of drug-likeness (QED) is 0.542. The van der Waals surface area contributed by atoms with Crippen molar-refractivity contribution in [2.75, 3.05) is 5.88 Å². The monoisotopic (exact) mass is 200 g/mol. The molecule has 0 radical (unpaired) electrons. The fraction of sp³-hybridized carbons (Fsp3) is 0.300. The van der Waals surface area contributed by atoms with Crippen LogP contribution in [-0.4, -0.2) is 11.7 Å². The van der Waals surface area contributed by atoms with E-state index in [-0.39, 0.29) is 11.6 Å². The number of ketones is 1. The average molecular weight is 201 g/mol. The van der Waals surface area contributed by atoms with Crippen LogP contribution in [0.15, 0.2) is 18.2 Å². The van der Waals surface area contributed by atoms with E-state index in [1.54, 1.807) is 6.92 Å². The minimum absolute atomic E-state index is 0.0347. The van der Waals surface area contributed by atoms with Crippen molar-refractivity contribution in [3.63, 3.8) is 0 Å². The zero-order chi connectivity index (χ0) is 9.84. The van der Waals surface area contributed by atoms with Crippen LogP contribution in [-0.2, 0) is 0 Å². The van der Waals surface area contributed by atoms with Crippen molar-refractivity contribution in [3.05, 3.63) is 35.1 Å². The Morgan fingerprint density at radius 2 is 2.23 bits per heavy atom. The van der Waals surface area contributed by atoms with Gasteiger partial charge in [0.25, 0.3) is 0 Å². The smallest absolute Gasteiger partial charge is 0.164 e. The summed E-state index contributed by atoms with van der Waals surface area (Å²) in [6.45, 7) is 1.71. The molecule has 0 spiro atoms. The largest absolute Gasteiger partial charge is 0.294 e. The number of hydrogen-bond acceptors (Lipinski definition) is 1. The molecule has 0 heterocycles. The summed E-state index contributed by atoms with van der Waals surface area (Å²) in [4.78, 5) is 11.4. The second-order valence-corrected chi connectivity index (χ2v) is 3.20. The lowest BCUT2D eigenvalue weighted by Gasteiger charge is -2.02. The number of hydrogen-bond donors (Lipinski definition) is 0. The lowest BCUT2D eigenvalue weighted by molar-refractivity contribution is 0.0988. The van der Waals surface area contributed by atoms with Gasteiger partial charge in [0, 0.05) is 17.9 Å². The highest BCUT2D eigenvalue weighted by molar-refractivity contribution is 6.19. The minimum atomic E-state index is -0.320. The molecule has 1 rings (SSSR count). The first-order chi connectivity index (χ1) is 6.15. The maximum Gasteiger partial charge on any atom is 0.164 e. The van der Waals surface area contributed by atoms with E-state index in [0.717, 1.165) is 0 Å². The Bertz CT molecular complexity index is 323. The molecule has 3 heteroatoms. The lowest BCUT2D eigenvalue weighted by Crippen LogP contribution is -2.02. The molecule has 0 bridgehead atoms. The van der Waals surface area contributed by atoms with Gasteiger partial charge in [0.05, 0.1) is 0 Å². The molecule has 1 aromatic carbocycles. The highest BCUT2D eigenvalue weighted by Gasteiger charge is 2.08. The Labute approximate surface area is 81.5 Å². The Morgan fingerprint density at radius 1 is 1.54 bits per heavy atom. The molecule has 0 aliphatic rings. The van der Waals surface area contributed by atoms with Gasteiger partial charge in [-0.05, 0) is 30.7 Å². The number of aryl methyl sites for hydroxylation is 1. The van der Waals surface area contributed by atoms with Crippen molar-refractivity contribution < 1.29 is 9.18 Å². The fourth-order valence-corrected chi connectivity index (χ4v) is 1.33. The van der Waals surface area contributed by atoms with Crippen molar-refractivity contribution >= 4 is 17.4 Å². The molecule has 1 nitrogen and oxygen atoms in total. The van der Waals surface area contributed by atoms with E-state index >= 15 is 0 Å². The molecule has 0 unspecified atom stereocenters. The molecule has 1 aromatic rings. The van der Waals surface area contributed by atoms with Crippen molar-refractivity contribution in [1.82, 2.24) is 0 Å². The topological polar surface area (TPSA) is 17.1 Å². The van der Waals surface area contributed by atoms with Crippen LogP contribution in [0.3, 0.4) is 0 Å². The van der Waals surface area contributed by atoms with Gasteiger partial charge in [0.15, 0.2) is 5.78 Å². The first kappa shape index (κ1) is 10.2. The number of rotatable bonds is 3. The summed E-state index contributed by atoms with van der Waals surface area (Å²) in [5.41, 5.74) is 1.22. The van der Waals surface area contributed by atoms with Crippen LogP contribution < -0.4 is 0 Å². The Morgan fingerprint density at radius 3 is 2.77 bits per heavy atom. The standard InChI is InChI=1S/C10H10ClFO/c1-7-6-8(12)2-3-9(7)10(13)4-5-11/h2-3,6H,4-5H2,1H3. The summed E-state index contributed by atoms with van der Waals surface area (Å²) in [6.07, 6.45) is 0.300. The molecule has 70 valence electrons. The second-order valence-electron chi connectivity index (χ2n) is 2.82. The summed E-state index contributed by atoms with van der Waals surface area (Å²) >= 11 is 5.43. The first-order valence-corrected chi connectivity index (χ1v) is 4.54. The summed E-state index contributed by atoms with van der Waals surface area (Å²) in [6, 6.07) is 4.13. The van der Waals surface area contributed by atoms with E-state index in [0.29, 0.717) is 23.4 Å². The zero-order valence-corrected chi connectivity index (χ0v) is 8.07. The van der Waals surface area contributed by atoms with E-state index in [4.69, 9.17) is 11.6 Å². The molecular weight excluding hydrogens is 191 g/mol. The highest BCUT2D eigenvalue weighted by atomic mass is 35.5. The Balaban J connectivity index is 2.95. The van der Waals surface area contributed by atoms with Crippen LogP contribution in [0.5, 0.6) is 0 Å². The van der Waals surface area contributed by atoms with E-state index in [1.165, 1.54) is 18.2 Å². The predicted octanol–water partition coefficient (Wildman–Crippen LogP) is 2.95. The van der Waals surface area contributed by atoms with Crippen molar-refractivity contribution in [3.8, 4) is 0 Å². The molecule has 13 heavy (non-hydrogen) atoms. The van der Waals surface area contributed by atoms with Crippen LogP contribution in [0.2, 0.25) is 0 Å². The molecular formula is C10H10ClFO. The molecule has 0 saturated carbocycles. The Hall–Kier alpha value is -0.890. The number of carbonyl (C=O) groups excluding carboxylic acids is 1. The summed E-state index contributed by atoms with van der Waals surface area (Å²) in [5, 5.41) is 0. The zero-order valence-electron chi connectivity index (χ0n) is 7.31. The van der Waals surface area contributed by atoms with Gasteiger partial charge in [-0.2, -0.15) is 0 Å². The molecule has 0 aliphatic heterocycles. The van der Waals surface area contributed by atoms with Gasteiger partial charge in [0.1, 0.15) is 5.82 Å². The number of halogens is 2. The van der Waals surface area contributed by atoms with E-state index in [1.807, 2.05) is 0 Å². The van der Waals surface area contributed by atoms with Gasteiger partial charge < -0.3 is 0 Å². The van der Waals surface area contributed by atoms with Gasteiger partial charge in [-0.1, -0.05) is 0 Å². The number of benzene rings is 1. The second kappa shape index (κ2) is 4.38. The third kappa shape index (κ3) is 2.52. The minimum Gasteiger partial charge on any atom is -0.294 e. The molecule has 0 N–H and O–H groups in total. The molecule has 0 saturated heterocycles. The summed E-state index contributed by atoms with van der Waals surface area (Å²) in [5.74, 6) is -0.0530. The Kier molecular flexibility index (Phi) is 3.43. The molecule has 0 amide bonds. The predicted molar refractivity (Wildman–Crippen MR) is 50.8 cm³/mol. The number of Topliss-reactive ketones (excluding diaryl/α,β-unsaturated/α-hetero) is 1. The van der Waals surface area contributed by atoms with Crippen LogP contribution in [0.4, 0.5) is 4.39 Å². The number of alkyl halides is 1. The van der Waals surface area contributed by atoms with E-state index in [9.17, 15) is 9.18 Å². The maximum atomic E-state index is 12.7. The van der Waals surface area contributed by atoms with E-state index in [2.05, 4.69) is 0 Å². The third-order valence-electron chi connectivity index (χ3n) is 1.81. The van der Waals surface area contributed by atoms with Gasteiger partial charge in [-0.3, -0.25) is 4.79 Å². The third-order valence-corrected chi connectivity index (χ3v) is 2.00. The van der Waals surface area contributed by atoms with Gasteiger partial charge in [0.2, 0.25) is 0 Å². The van der Waals surface area contributed by atoms with Crippen molar-refractivity contribution in [2.24, 2.45) is 0 Å². The lowest BCUT2D eigenvalue weighted by atomic mass is 10.0. The van der Waals surface area contributed by atoms with Crippen LogP contribution >= 0.6 is 11.6 Å². The van der Waals surface area contributed by atoms with Gasteiger partial charge in [-0.25, -0.2) is 4.39 Å². The highest BCUT2D eigenvalue weighted by Crippen LogP contribution is 2.12. The van der Waals surface area contributed by atoms with Crippen LogP contribution in [0, 0.1) is 12.7 Å². The molecule has 0 atom stereocenters. The van der Waals surface area contributed by atoms with Crippen molar-refractivity contribution in [1.29, 1.82) is 0 Å². The maximum absolute atomic E-state index is 12.7. The first-order valence-electron chi connectivity index (χ1n) is 4.00. The number of carbonyl (C=O) groups is 1. The van der Waals surface area contributed by atoms with Gasteiger partial charge in [-0.15, -0.1) is 11.6 Å².